The highest BCUT2D eigenvalue weighted by Gasteiger charge is 2.14. The fraction of sp³-hybridized carbons (Fsp3) is 0.133. The van der Waals surface area contributed by atoms with E-state index in [0.717, 1.165) is 27.0 Å². The molecule has 102 valence electrons. The molecule has 0 fully saturated rings. The fourth-order valence-corrected chi connectivity index (χ4v) is 3.36. The molecule has 5 heteroatoms. The molecule has 0 unspecified atom stereocenters. The molecule has 3 aromatic rings. The van der Waals surface area contributed by atoms with Crippen molar-refractivity contribution < 1.29 is 0 Å². The number of aromatic nitrogens is 2. The molecule has 0 saturated heterocycles. The van der Waals surface area contributed by atoms with Crippen molar-refractivity contribution in [1.82, 2.24) is 9.55 Å². The SMILES string of the molecule is Cc1cccc(-n2c(CCl)nc3cc(I)ccc32)c1Br. The number of rotatable bonds is 2. The van der Waals surface area contributed by atoms with Crippen LogP contribution in [-0.2, 0) is 5.88 Å². The van der Waals surface area contributed by atoms with Gasteiger partial charge in [0.1, 0.15) is 5.82 Å². The van der Waals surface area contributed by atoms with Crippen LogP contribution in [0.15, 0.2) is 40.9 Å². The molecule has 1 aromatic heterocycles. The first-order valence-electron chi connectivity index (χ1n) is 6.10. The van der Waals surface area contributed by atoms with Gasteiger partial charge in [-0.25, -0.2) is 4.98 Å². The lowest BCUT2D eigenvalue weighted by Crippen LogP contribution is -2.01. The molecule has 0 radical (unpaired) electrons. The molecule has 1 heterocycles. The minimum absolute atomic E-state index is 0.381. The highest BCUT2D eigenvalue weighted by Crippen LogP contribution is 2.30. The van der Waals surface area contributed by atoms with Gasteiger partial charge in [0.15, 0.2) is 0 Å². The fourth-order valence-electron chi connectivity index (χ4n) is 2.27. The maximum Gasteiger partial charge on any atom is 0.129 e. The Labute approximate surface area is 144 Å². The minimum Gasteiger partial charge on any atom is -0.294 e. The first-order chi connectivity index (χ1) is 9.61. The number of halogens is 3. The van der Waals surface area contributed by atoms with Crippen LogP contribution in [0.4, 0.5) is 0 Å². The summed E-state index contributed by atoms with van der Waals surface area (Å²) in [6, 6.07) is 12.5. The molecule has 0 aliphatic heterocycles. The number of fused-ring (bicyclic) bond motifs is 1. The van der Waals surface area contributed by atoms with Gasteiger partial charge in [-0.1, -0.05) is 12.1 Å². The van der Waals surface area contributed by atoms with Crippen molar-refractivity contribution in [1.29, 1.82) is 0 Å². The van der Waals surface area contributed by atoms with Crippen LogP contribution in [0.2, 0.25) is 0 Å². The summed E-state index contributed by atoms with van der Waals surface area (Å²) < 4.78 is 4.36. The van der Waals surface area contributed by atoms with Gasteiger partial charge in [-0.15, -0.1) is 11.6 Å². The van der Waals surface area contributed by atoms with Crippen LogP contribution in [-0.4, -0.2) is 9.55 Å². The van der Waals surface area contributed by atoms with E-state index in [9.17, 15) is 0 Å². The van der Waals surface area contributed by atoms with E-state index in [0.29, 0.717) is 5.88 Å². The van der Waals surface area contributed by atoms with Gasteiger partial charge in [-0.05, 0) is 75.3 Å². The zero-order valence-corrected chi connectivity index (χ0v) is 15.2. The predicted octanol–water partition coefficient (Wildman–Crippen LogP) is 5.44. The molecule has 0 bridgehead atoms. The summed E-state index contributed by atoms with van der Waals surface area (Å²) in [5.41, 5.74) is 4.31. The van der Waals surface area contributed by atoms with Crippen LogP contribution in [0.25, 0.3) is 16.7 Å². The molecular formula is C15H11BrClIN2. The summed E-state index contributed by atoms with van der Waals surface area (Å²) in [5, 5.41) is 0. The lowest BCUT2D eigenvalue weighted by molar-refractivity contribution is 0.974. The monoisotopic (exact) mass is 460 g/mol. The lowest BCUT2D eigenvalue weighted by Gasteiger charge is -2.11. The summed E-state index contributed by atoms with van der Waals surface area (Å²) in [6.45, 7) is 2.08. The highest BCUT2D eigenvalue weighted by molar-refractivity contribution is 14.1. The van der Waals surface area contributed by atoms with E-state index in [1.54, 1.807) is 0 Å². The molecule has 0 amide bonds. The van der Waals surface area contributed by atoms with Crippen LogP contribution >= 0.6 is 50.1 Å². The van der Waals surface area contributed by atoms with Crippen LogP contribution in [0.5, 0.6) is 0 Å². The van der Waals surface area contributed by atoms with Crippen molar-refractivity contribution in [3.8, 4) is 5.69 Å². The number of hydrogen-bond donors (Lipinski definition) is 0. The summed E-state index contributed by atoms with van der Waals surface area (Å²) in [5.74, 6) is 1.24. The number of aryl methyl sites for hydroxylation is 1. The molecule has 0 atom stereocenters. The Hall–Kier alpha value is -0.590. The summed E-state index contributed by atoms with van der Waals surface area (Å²) in [6.07, 6.45) is 0. The van der Waals surface area contributed by atoms with Gasteiger partial charge in [0.2, 0.25) is 0 Å². The molecule has 3 rings (SSSR count). The maximum atomic E-state index is 6.08. The standard InChI is InChI=1S/C15H11BrClIN2/c1-9-3-2-4-13(15(9)16)20-12-6-5-10(18)7-11(12)19-14(20)8-17/h2-7H,8H2,1H3. The van der Waals surface area contributed by atoms with E-state index in [4.69, 9.17) is 11.6 Å². The smallest absolute Gasteiger partial charge is 0.129 e. The number of alkyl halides is 1. The molecule has 2 nitrogen and oxygen atoms in total. The molecule has 0 aliphatic rings. The van der Waals surface area contributed by atoms with Crippen LogP contribution < -0.4 is 0 Å². The van der Waals surface area contributed by atoms with Crippen molar-refractivity contribution in [3.05, 3.63) is 55.8 Å². The molecule has 0 spiro atoms. The third-order valence-electron chi connectivity index (χ3n) is 3.22. The Morgan fingerprint density at radius 1 is 1.30 bits per heavy atom. The average Bonchev–Trinajstić information content (AvgIpc) is 2.79. The number of nitrogens with zero attached hydrogens (tertiary/aromatic N) is 2. The van der Waals surface area contributed by atoms with Crippen molar-refractivity contribution >= 4 is 61.2 Å². The summed E-state index contributed by atoms with van der Waals surface area (Å²) >= 11 is 12.1. The van der Waals surface area contributed by atoms with Crippen LogP contribution in [0.3, 0.4) is 0 Å². The zero-order chi connectivity index (χ0) is 14.3. The second kappa shape index (κ2) is 5.66. The van der Waals surface area contributed by atoms with Gasteiger partial charge in [0.05, 0.1) is 22.6 Å². The molecular weight excluding hydrogens is 450 g/mol. The Bertz CT molecular complexity index is 798. The molecule has 2 aromatic carbocycles. The summed E-state index contributed by atoms with van der Waals surface area (Å²) in [7, 11) is 0. The second-order valence-electron chi connectivity index (χ2n) is 4.54. The van der Waals surface area contributed by atoms with Gasteiger partial charge in [-0.3, -0.25) is 4.57 Å². The third-order valence-corrected chi connectivity index (χ3v) is 5.16. The maximum absolute atomic E-state index is 6.08. The quantitative estimate of drug-likeness (QED) is 0.367. The first kappa shape index (κ1) is 14.4. The lowest BCUT2D eigenvalue weighted by atomic mass is 10.2. The van der Waals surface area contributed by atoms with Crippen molar-refractivity contribution in [2.75, 3.05) is 0 Å². The predicted molar refractivity (Wildman–Crippen MR) is 95.8 cm³/mol. The van der Waals surface area contributed by atoms with Gasteiger partial charge in [0, 0.05) is 8.04 Å². The van der Waals surface area contributed by atoms with E-state index in [1.807, 2.05) is 6.07 Å². The Morgan fingerprint density at radius 3 is 2.85 bits per heavy atom. The zero-order valence-electron chi connectivity index (χ0n) is 10.7. The minimum atomic E-state index is 0.381. The van der Waals surface area contributed by atoms with Gasteiger partial charge >= 0.3 is 0 Å². The highest BCUT2D eigenvalue weighted by atomic mass is 127. The van der Waals surface area contributed by atoms with Crippen molar-refractivity contribution in [2.24, 2.45) is 0 Å². The average molecular weight is 462 g/mol. The molecule has 0 N–H and O–H groups in total. The Balaban J connectivity index is 2.37. The second-order valence-corrected chi connectivity index (χ2v) is 6.84. The number of imidazole rings is 1. The van der Waals surface area contributed by atoms with Gasteiger partial charge in [0.25, 0.3) is 0 Å². The third kappa shape index (κ3) is 2.38. The topological polar surface area (TPSA) is 17.8 Å². The Morgan fingerprint density at radius 2 is 2.10 bits per heavy atom. The normalized spacial score (nSPS) is 11.2. The number of hydrogen-bond acceptors (Lipinski definition) is 1. The van der Waals surface area contributed by atoms with E-state index < -0.39 is 0 Å². The van der Waals surface area contributed by atoms with Gasteiger partial charge < -0.3 is 0 Å². The van der Waals surface area contributed by atoms with E-state index in [2.05, 4.69) is 85.3 Å². The molecule has 0 saturated carbocycles. The van der Waals surface area contributed by atoms with Gasteiger partial charge in [-0.2, -0.15) is 0 Å². The Kier molecular flexibility index (Phi) is 4.06. The summed E-state index contributed by atoms with van der Waals surface area (Å²) in [4.78, 5) is 4.64. The van der Waals surface area contributed by atoms with Crippen molar-refractivity contribution in [3.63, 3.8) is 0 Å². The van der Waals surface area contributed by atoms with E-state index in [1.165, 1.54) is 9.13 Å². The largest absolute Gasteiger partial charge is 0.294 e. The molecule has 20 heavy (non-hydrogen) atoms. The van der Waals surface area contributed by atoms with Crippen LogP contribution in [0.1, 0.15) is 11.4 Å². The number of benzene rings is 2. The first-order valence-corrected chi connectivity index (χ1v) is 8.51. The van der Waals surface area contributed by atoms with Crippen molar-refractivity contribution in [2.45, 2.75) is 12.8 Å². The van der Waals surface area contributed by atoms with Crippen LogP contribution in [0, 0.1) is 10.5 Å². The van der Waals surface area contributed by atoms with E-state index >= 15 is 0 Å². The van der Waals surface area contributed by atoms with E-state index in [-0.39, 0.29) is 0 Å². The molecule has 0 aliphatic carbocycles.